The van der Waals surface area contributed by atoms with Crippen molar-refractivity contribution in [3.63, 3.8) is 0 Å². The third-order valence-corrected chi connectivity index (χ3v) is 4.53. The zero-order chi connectivity index (χ0) is 17.9. The molecule has 2 amide bonds. The van der Waals surface area contributed by atoms with E-state index in [1.807, 2.05) is 49.9 Å². The number of nitrogens with one attached hydrogen (secondary N) is 2. The minimum absolute atomic E-state index is 0. The van der Waals surface area contributed by atoms with Gasteiger partial charge in [-0.1, -0.05) is 50.6 Å². The Morgan fingerprint density at radius 3 is 2.56 bits per heavy atom. The number of rotatable bonds is 3. The number of hydrogen-bond acceptors (Lipinski definition) is 3. The SMILES string of the molecule is CC(NC(=O)C(C)(C)C)C(=O)N1CCNCC1c1ccccc1Cl.Cl. The van der Waals surface area contributed by atoms with Gasteiger partial charge >= 0.3 is 0 Å². The summed E-state index contributed by atoms with van der Waals surface area (Å²) in [7, 11) is 0. The van der Waals surface area contributed by atoms with Crippen LogP contribution < -0.4 is 10.6 Å². The maximum atomic E-state index is 12.9. The first-order valence-corrected chi connectivity index (χ1v) is 8.66. The number of carbonyl (C=O) groups excluding carboxylic acids is 2. The predicted octanol–water partition coefficient (Wildman–Crippen LogP) is 2.79. The summed E-state index contributed by atoms with van der Waals surface area (Å²) in [5.41, 5.74) is 0.397. The van der Waals surface area contributed by atoms with Crippen molar-refractivity contribution in [3.8, 4) is 0 Å². The maximum Gasteiger partial charge on any atom is 0.245 e. The van der Waals surface area contributed by atoms with Gasteiger partial charge in [-0.25, -0.2) is 0 Å². The number of hydrogen-bond donors (Lipinski definition) is 2. The molecule has 0 radical (unpaired) electrons. The molecule has 1 aliphatic rings. The van der Waals surface area contributed by atoms with Crippen molar-refractivity contribution in [1.82, 2.24) is 15.5 Å². The number of amides is 2. The summed E-state index contributed by atoms with van der Waals surface area (Å²) in [5.74, 6) is -0.216. The molecule has 1 aliphatic heterocycles. The molecule has 0 spiro atoms. The largest absolute Gasteiger partial charge is 0.344 e. The van der Waals surface area contributed by atoms with E-state index in [-0.39, 0.29) is 30.3 Å². The summed E-state index contributed by atoms with van der Waals surface area (Å²) < 4.78 is 0. The average molecular weight is 388 g/mol. The molecule has 1 aromatic rings. The fraction of sp³-hybridized carbons (Fsp3) is 0.556. The van der Waals surface area contributed by atoms with Crippen LogP contribution in [-0.4, -0.2) is 42.4 Å². The van der Waals surface area contributed by atoms with Gasteiger partial charge < -0.3 is 15.5 Å². The Kier molecular flexibility index (Phi) is 7.72. The maximum absolute atomic E-state index is 12.9. The van der Waals surface area contributed by atoms with E-state index in [0.717, 1.165) is 12.1 Å². The molecule has 2 unspecified atom stereocenters. The van der Waals surface area contributed by atoms with Gasteiger partial charge in [0.1, 0.15) is 6.04 Å². The van der Waals surface area contributed by atoms with Gasteiger partial charge in [0.05, 0.1) is 6.04 Å². The first kappa shape index (κ1) is 21.7. The lowest BCUT2D eigenvalue weighted by atomic mass is 9.95. The lowest BCUT2D eigenvalue weighted by Gasteiger charge is -2.38. The molecule has 7 heteroatoms. The molecule has 2 N–H and O–H groups in total. The van der Waals surface area contributed by atoms with Gasteiger partial charge in [-0.05, 0) is 18.6 Å². The van der Waals surface area contributed by atoms with Gasteiger partial charge in [-0.3, -0.25) is 9.59 Å². The van der Waals surface area contributed by atoms with Crippen LogP contribution in [0.25, 0.3) is 0 Å². The normalized spacial score (nSPS) is 18.9. The molecular weight excluding hydrogens is 361 g/mol. The van der Waals surface area contributed by atoms with Crippen LogP contribution in [0.4, 0.5) is 0 Å². The second-order valence-electron chi connectivity index (χ2n) is 7.22. The highest BCUT2D eigenvalue weighted by Crippen LogP contribution is 2.29. The molecule has 0 aromatic heterocycles. The van der Waals surface area contributed by atoms with E-state index < -0.39 is 11.5 Å². The molecule has 2 rings (SSSR count). The minimum atomic E-state index is -0.570. The molecule has 0 saturated carbocycles. The van der Waals surface area contributed by atoms with E-state index in [1.54, 1.807) is 6.92 Å². The molecule has 0 aliphatic carbocycles. The number of piperazine rings is 1. The van der Waals surface area contributed by atoms with Crippen LogP contribution in [0.3, 0.4) is 0 Å². The third-order valence-electron chi connectivity index (χ3n) is 4.19. The van der Waals surface area contributed by atoms with E-state index in [9.17, 15) is 9.59 Å². The second kappa shape index (κ2) is 8.88. The quantitative estimate of drug-likeness (QED) is 0.837. The summed E-state index contributed by atoms with van der Waals surface area (Å²) >= 11 is 6.32. The highest BCUT2D eigenvalue weighted by molar-refractivity contribution is 6.31. The van der Waals surface area contributed by atoms with Gasteiger partial charge in [0.2, 0.25) is 11.8 Å². The lowest BCUT2D eigenvalue weighted by molar-refractivity contribution is -0.140. The lowest BCUT2D eigenvalue weighted by Crippen LogP contribution is -2.55. The molecule has 5 nitrogen and oxygen atoms in total. The van der Waals surface area contributed by atoms with E-state index in [0.29, 0.717) is 18.1 Å². The summed E-state index contributed by atoms with van der Waals surface area (Å²) in [6, 6.07) is 6.87. The Hall–Kier alpha value is -1.30. The Balaban J connectivity index is 0.00000312. The summed E-state index contributed by atoms with van der Waals surface area (Å²) in [6.07, 6.45) is 0. The van der Waals surface area contributed by atoms with Crippen molar-refractivity contribution in [3.05, 3.63) is 34.9 Å². The van der Waals surface area contributed by atoms with Gasteiger partial charge in [-0.2, -0.15) is 0 Å². The summed E-state index contributed by atoms with van der Waals surface area (Å²) in [5, 5.41) is 6.78. The molecule has 0 bridgehead atoms. The molecule has 1 fully saturated rings. The Bertz CT molecular complexity index is 617. The standard InChI is InChI=1S/C18H26ClN3O2.ClH/c1-12(21-17(24)18(2,3)4)16(23)22-10-9-20-11-15(22)13-7-5-6-8-14(13)19;/h5-8,12,15,20H,9-11H2,1-4H3,(H,21,24);1H. The van der Waals surface area contributed by atoms with Crippen molar-refractivity contribution < 1.29 is 9.59 Å². The van der Waals surface area contributed by atoms with Crippen LogP contribution in [0.15, 0.2) is 24.3 Å². The van der Waals surface area contributed by atoms with Crippen LogP contribution in [0.1, 0.15) is 39.3 Å². The number of nitrogens with zero attached hydrogens (tertiary/aromatic N) is 1. The monoisotopic (exact) mass is 387 g/mol. The minimum Gasteiger partial charge on any atom is -0.344 e. The fourth-order valence-corrected chi connectivity index (χ4v) is 2.98. The predicted molar refractivity (Wildman–Crippen MR) is 103 cm³/mol. The van der Waals surface area contributed by atoms with Crippen molar-refractivity contribution in [2.75, 3.05) is 19.6 Å². The van der Waals surface area contributed by atoms with Crippen molar-refractivity contribution in [1.29, 1.82) is 0 Å². The van der Waals surface area contributed by atoms with Gasteiger partial charge in [-0.15, -0.1) is 12.4 Å². The van der Waals surface area contributed by atoms with E-state index in [1.165, 1.54) is 0 Å². The number of halogens is 2. The Labute approximate surface area is 160 Å². The third kappa shape index (κ3) is 5.33. The Morgan fingerprint density at radius 2 is 1.96 bits per heavy atom. The molecule has 1 aromatic carbocycles. The van der Waals surface area contributed by atoms with E-state index >= 15 is 0 Å². The second-order valence-corrected chi connectivity index (χ2v) is 7.63. The molecule has 1 heterocycles. The highest BCUT2D eigenvalue weighted by Gasteiger charge is 2.33. The molecule has 1 saturated heterocycles. The number of benzene rings is 1. The zero-order valence-electron chi connectivity index (χ0n) is 15.1. The van der Waals surface area contributed by atoms with Crippen molar-refractivity contribution in [2.45, 2.75) is 39.8 Å². The summed E-state index contributed by atoms with van der Waals surface area (Å²) in [6.45, 7) is 9.19. The van der Waals surface area contributed by atoms with Crippen molar-refractivity contribution in [2.24, 2.45) is 5.41 Å². The van der Waals surface area contributed by atoms with E-state index in [4.69, 9.17) is 11.6 Å². The van der Waals surface area contributed by atoms with Crippen LogP contribution in [0, 0.1) is 5.41 Å². The number of carbonyl (C=O) groups is 2. The molecule has 2 atom stereocenters. The highest BCUT2D eigenvalue weighted by atomic mass is 35.5. The topological polar surface area (TPSA) is 61.4 Å². The molecule has 140 valence electrons. The summed E-state index contributed by atoms with van der Waals surface area (Å²) in [4.78, 5) is 26.9. The fourth-order valence-electron chi connectivity index (χ4n) is 2.71. The molecular formula is C18H27Cl2N3O2. The zero-order valence-corrected chi connectivity index (χ0v) is 16.7. The van der Waals surface area contributed by atoms with Gasteiger partial charge in [0.15, 0.2) is 0 Å². The van der Waals surface area contributed by atoms with E-state index in [2.05, 4.69) is 10.6 Å². The van der Waals surface area contributed by atoms with Gasteiger partial charge in [0, 0.05) is 30.1 Å². The first-order valence-electron chi connectivity index (χ1n) is 8.28. The smallest absolute Gasteiger partial charge is 0.245 e. The van der Waals surface area contributed by atoms with Crippen LogP contribution in [-0.2, 0) is 9.59 Å². The van der Waals surface area contributed by atoms with Gasteiger partial charge in [0.25, 0.3) is 0 Å². The van der Waals surface area contributed by atoms with Crippen molar-refractivity contribution >= 4 is 35.8 Å². The Morgan fingerprint density at radius 1 is 1.32 bits per heavy atom. The average Bonchev–Trinajstić information content (AvgIpc) is 2.53. The molecule has 25 heavy (non-hydrogen) atoms. The van der Waals surface area contributed by atoms with Crippen LogP contribution in [0.5, 0.6) is 0 Å². The van der Waals surface area contributed by atoms with Crippen LogP contribution >= 0.6 is 24.0 Å². The van der Waals surface area contributed by atoms with Crippen LogP contribution in [0.2, 0.25) is 5.02 Å². The first-order chi connectivity index (χ1) is 11.2.